The van der Waals surface area contributed by atoms with Gasteiger partial charge in [-0.2, -0.15) is 0 Å². The summed E-state index contributed by atoms with van der Waals surface area (Å²) in [5.41, 5.74) is 1.33. The van der Waals surface area contributed by atoms with E-state index in [1.807, 2.05) is 13.8 Å². The van der Waals surface area contributed by atoms with E-state index in [4.69, 9.17) is 0 Å². The summed E-state index contributed by atoms with van der Waals surface area (Å²) in [7, 11) is 0. The number of carbonyl (C=O) groups excluding carboxylic acids is 2. The number of Topliss-reactive ketones (excluding diaryl/α,β-unsaturated/α-hetero) is 1. The van der Waals surface area contributed by atoms with Gasteiger partial charge in [-0.05, 0) is 88.0 Å². The zero-order valence-electron chi connectivity index (χ0n) is 18.3. The van der Waals surface area contributed by atoms with E-state index in [9.17, 15) is 14.7 Å². The van der Waals surface area contributed by atoms with Gasteiger partial charge in [-0.25, -0.2) is 0 Å². The van der Waals surface area contributed by atoms with E-state index in [2.05, 4.69) is 32.9 Å². The van der Waals surface area contributed by atoms with Crippen LogP contribution in [0.3, 0.4) is 0 Å². The van der Waals surface area contributed by atoms with E-state index < -0.39 is 5.60 Å². The van der Waals surface area contributed by atoms with Crippen molar-refractivity contribution in [2.75, 3.05) is 0 Å². The monoisotopic (exact) mass is 386 g/mol. The van der Waals surface area contributed by atoms with Crippen molar-refractivity contribution in [2.24, 2.45) is 35.0 Å². The molecule has 3 nitrogen and oxygen atoms in total. The molecule has 28 heavy (non-hydrogen) atoms. The molecule has 1 N–H and O–H groups in total. The third-order valence-electron chi connectivity index (χ3n) is 8.42. The second-order valence-electron chi connectivity index (χ2n) is 10.6. The smallest absolute Gasteiger partial charge is 0.145 e. The first kappa shape index (κ1) is 21.5. The summed E-state index contributed by atoms with van der Waals surface area (Å²) in [6.45, 7) is 10.6. The van der Waals surface area contributed by atoms with Crippen molar-refractivity contribution in [3.05, 3.63) is 23.3 Å². The Bertz CT molecular complexity index is 686. The number of hydrogen-bond acceptors (Lipinski definition) is 3. The van der Waals surface area contributed by atoms with E-state index in [0.717, 1.165) is 37.5 Å². The first-order valence-electron chi connectivity index (χ1n) is 11.1. The van der Waals surface area contributed by atoms with Gasteiger partial charge in [-0.1, -0.05) is 31.6 Å². The van der Waals surface area contributed by atoms with Crippen molar-refractivity contribution in [3.63, 3.8) is 0 Å². The summed E-state index contributed by atoms with van der Waals surface area (Å²) in [5, 5.41) is 11.0. The fourth-order valence-corrected chi connectivity index (χ4v) is 6.66. The molecule has 0 aromatic carbocycles. The Hall–Kier alpha value is -1.22. The lowest BCUT2D eigenvalue weighted by atomic mass is 9.62. The maximum absolute atomic E-state index is 12.6. The molecule has 0 unspecified atom stereocenters. The van der Waals surface area contributed by atoms with Crippen LogP contribution in [0.4, 0.5) is 0 Å². The Balaban J connectivity index is 1.80. The lowest BCUT2D eigenvalue weighted by Crippen LogP contribution is -2.40. The fraction of sp³-hybridized carbons (Fsp3) is 0.760. The first-order valence-corrected chi connectivity index (χ1v) is 11.1. The van der Waals surface area contributed by atoms with E-state index in [-0.39, 0.29) is 23.0 Å². The molecule has 0 aliphatic heterocycles. The normalized spacial score (nSPS) is 44.1. The van der Waals surface area contributed by atoms with E-state index >= 15 is 0 Å². The van der Waals surface area contributed by atoms with Crippen molar-refractivity contribution < 1.29 is 14.7 Å². The number of hydrogen-bond donors (Lipinski definition) is 1. The summed E-state index contributed by atoms with van der Waals surface area (Å²) in [5.74, 6) is 2.11. The van der Waals surface area contributed by atoms with Crippen LogP contribution in [0.5, 0.6) is 0 Å². The highest BCUT2D eigenvalue weighted by Crippen LogP contribution is 2.59. The van der Waals surface area contributed by atoms with Gasteiger partial charge in [-0.15, -0.1) is 0 Å². The molecule has 0 aromatic rings. The molecule has 0 heterocycles. The summed E-state index contributed by atoms with van der Waals surface area (Å²) >= 11 is 0. The van der Waals surface area contributed by atoms with Crippen molar-refractivity contribution in [2.45, 2.75) is 85.2 Å². The number of carbonyl (C=O) groups is 2. The van der Waals surface area contributed by atoms with Crippen LogP contribution < -0.4 is 0 Å². The minimum Gasteiger partial charge on any atom is -0.389 e. The maximum Gasteiger partial charge on any atom is 0.145 e. The highest BCUT2D eigenvalue weighted by atomic mass is 16.3. The number of fused-ring (bicyclic) bond motifs is 2. The SMILES string of the molecule is C/C(C=O)=C/CC[C@H](C)[C@@H]1CC[C@]2(C)C[C@@H]3[C@H](C(=O)C[C@@]3(C)O)/C(C)=C\C[C@@H]12. The van der Waals surface area contributed by atoms with Gasteiger partial charge in [0, 0.05) is 18.3 Å². The van der Waals surface area contributed by atoms with Crippen LogP contribution >= 0.6 is 0 Å². The van der Waals surface area contributed by atoms with Crippen LogP contribution in [0, 0.1) is 35.0 Å². The zero-order chi connectivity index (χ0) is 20.7. The molecule has 156 valence electrons. The summed E-state index contributed by atoms with van der Waals surface area (Å²) in [6.07, 6.45) is 12.1. The van der Waals surface area contributed by atoms with E-state index in [0.29, 0.717) is 24.2 Å². The Labute approximate surface area is 170 Å². The number of aldehydes is 1. The minimum absolute atomic E-state index is 0.0521. The molecule has 0 aromatic heterocycles. The Morgan fingerprint density at radius 1 is 1.36 bits per heavy atom. The predicted octanol–water partition coefficient (Wildman–Crippen LogP) is 5.28. The van der Waals surface area contributed by atoms with Crippen LogP contribution in [0.15, 0.2) is 23.3 Å². The third-order valence-corrected chi connectivity index (χ3v) is 8.42. The second-order valence-corrected chi connectivity index (χ2v) is 10.6. The molecular weight excluding hydrogens is 348 g/mol. The van der Waals surface area contributed by atoms with E-state index in [1.165, 1.54) is 18.4 Å². The van der Waals surface area contributed by atoms with Gasteiger partial charge < -0.3 is 5.11 Å². The van der Waals surface area contributed by atoms with Gasteiger partial charge >= 0.3 is 0 Å². The van der Waals surface area contributed by atoms with Crippen LogP contribution in [-0.2, 0) is 9.59 Å². The molecule has 3 aliphatic carbocycles. The average molecular weight is 387 g/mol. The highest BCUT2D eigenvalue weighted by molar-refractivity contribution is 5.87. The summed E-state index contributed by atoms with van der Waals surface area (Å²) in [6, 6.07) is 0. The van der Waals surface area contributed by atoms with Gasteiger partial charge in [0.1, 0.15) is 12.1 Å². The van der Waals surface area contributed by atoms with Gasteiger partial charge in [-0.3, -0.25) is 9.59 Å². The molecule has 0 spiro atoms. The maximum atomic E-state index is 12.6. The fourth-order valence-electron chi connectivity index (χ4n) is 6.66. The number of ketones is 1. The zero-order valence-corrected chi connectivity index (χ0v) is 18.3. The molecule has 0 bridgehead atoms. The van der Waals surface area contributed by atoms with Gasteiger partial charge in [0.15, 0.2) is 0 Å². The predicted molar refractivity (Wildman–Crippen MR) is 113 cm³/mol. The second kappa shape index (κ2) is 7.89. The van der Waals surface area contributed by atoms with Crippen molar-refractivity contribution in [3.8, 4) is 0 Å². The van der Waals surface area contributed by atoms with Gasteiger partial charge in [0.2, 0.25) is 0 Å². The molecule has 3 rings (SSSR count). The molecule has 3 aliphatic rings. The summed E-state index contributed by atoms with van der Waals surface area (Å²) < 4.78 is 0. The molecule has 0 radical (unpaired) electrons. The summed E-state index contributed by atoms with van der Waals surface area (Å²) in [4.78, 5) is 23.5. The Kier molecular flexibility index (Phi) is 6.06. The van der Waals surface area contributed by atoms with Crippen LogP contribution in [-0.4, -0.2) is 22.8 Å². The van der Waals surface area contributed by atoms with Crippen molar-refractivity contribution in [1.82, 2.24) is 0 Å². The Morgan fingerprint density at radius 2 is 2.07 bits per heavy atom. The highest BCUT2D eigenvalue weighted by Gasteiger charge is 2.56. The van der Waals surface area contributed by atoms with Crippen molar-refractivity contribution >= 4 is 12.1 Å². The first-order chi connectivity index (χ1) is 13.1. The molecule has 0 saturated heterocycles. The average Bonchev–Trinajstić information content (AvgIpc) is 3.04. The lowest BCUT2D eigenvalue weighted by molar-refractivity contribution is -0.120. The quantitative estimate of drug-likeness (QED) is 0.397. The molecule has 2 saturated carbocycles. The number of aliphatic hydroxyl groups is 1. The standard InChI is InChI=1S/C25H38O3/c1-16(15-26)7-6-8-17(2)19-11-12-24(4)13-21-23(18(3)9-10-20(19)24)22(27)14-25(21,5)28/h7,9,15,17,19-21,23,28H,6,8,10-14H2,1-5H3/b16-7-,18-9-/t17-,19-,20-,21+,23+,24+,25+/m0/s1. The minimum atomic E-state index is -0.872. The molecule has 2 fully saturated rings. The van der Waals surface area contributed by atoms with E-state index in [1.54, 1.807) is 0 Å². The molecule has 0 amide bonds. The molecular formula is C25H38O3. The van der Waals surface area contributed by atoms with Crippen LogP contribution in [0.25, 0.3) is 0 Å². The molecule has 7 atom stereocenters. The van der Waals surface area contributed by atoms with Crippen LogP contribution in [0.2, 0.25) is 0 Å². The largest absolute Gasteiger partial charge is 0.389 e. The topological polar surface area (TPSA) is 54.4 Å². The number of rotatable bonds is 5. The molecule has 3 heteroatoms. The lowest BCUT2D eigenvalue weighted by Gasteiger charge is -2.43. The van der Waals surface area contributed by atoms with Gasteiger partial charge in [0.25, 0.3) is 0 Å². The number of allylic oxidation sites excluding steroid dienone is 4. The van der Waals surface area contributed by atoms with Crippen molar-refractivity contribution in [1.29, 1.82) is 0 Å². The van der Waals surface area contributed by atoms with Crippen LogP contribution in [0.1, 0.15) is 79.6 Å². The van der Waals surface area contributed by atoms with Gasteiger partial charge in [0.05, 0.1) is 5.60 Å². The third kappa shape index (κ3) is 3.92. The Morgan fingerprint density at radius 3 is 2.75 bits per heavy atom.